The first-order valence-electron chi connectivity index (χ1n) is 17.8. The average molecular weight is 709 g/mol. The zero-order valence-corrected chi connectivity index (χ0v) is 30.9. The molecule has 0 amide bonds. The molecule has 254 valence electrons. The maximum atomic E-state index is 13.1. The van der Waals surface area contributed by atoms with E-state index in [1.54, 1.807) is 24.5 Å². The van der Waals surface area contributed by atoms with Crippen LogP contribution < -0.4 is 57.9 Å². The second-order valence-corrected chi connectivity index (χ2v) is 13.4. The Morgan fingerprint density at radius 2 is 0.839 bits per heavy atom. The normalized spacial score (nSPS) is 11.1. The van der Waals surface area contributed by atoms with E-state index in [9.17, 15) is 10.2 Å². The van der Waals surface area contributed by atoms with E-state index in [1.165, 1.54) is 0 Å². The van der Waals surface area contributed by atoms with Crippen molar-refractivity contribution in [3.63, 3.8) is 0 Å². The number of rotatable bonds is 5. The van der Waals surface area contributed by atoms with Crippen LogP contribution in [0.2, 0.25) is 0 Å². The summed E-state index contributed by atoms with van der Waals surface area (Å²) in [5, 5.41) is 32.0. The van der Waals surface area contributed by atoms with Gasteiger partial charge in [0.25, 0.3) is 0 Å². The van der Waals surface area contributed by atoms with Gasteiger partial charge < -0.3 is 10.2 Å². The molecular formula is C48H30Li2N4O2+2. The van der Waals surface area contributed by atoms with Crippen molar-refractivity contribution in [2.45, 2.75) is 0 Å². The fraction of sp³-hybridized carbons (Fsp3) is 0. The third kappa shape index (κ3) is 6.20. The fourth-order valence-electron chi connectivity index (χ4n) is 7.82. The molecule has 0 bridgehead atoms. The van der Waals surface area contributed by atoms with Crippen LogP contribution in [0.5, 0.6) is 11.5 Å². The quantitative estimate of drug-likeness (QED) is 0.203. The number of fused-ring (bicyclic) bond motifs is 4. The van der Waals surface area contributed by atoms with Crippen molar-refractivity contribution in [3.05, 3.63) is 170 Å². The molecule has 2 N–H and O–H groups in total. The zero-order valence-electron chi connectivity index (χ0n) is 30.9. The first-order chi connectivity index (χ1) is 26.6. The molecule has 0 saturated carbocycles. The van der Waals surface area contributed by atoms with Gasteiger partial charge in [-0.1, -0.05) is 121 Å². The molecule has 0 aliphatic carbocycles. The van der Waals surface area contributed by atoms with Crippen LogP contribution in [0.1, 0.15) is 0 Å². The summed E-state index contributed by atoms with van der Waals surface area (Å²) >= 11 is 0. The average Bonchev–Trinajstić information content (AvgIpc) is 3.24. The van der Waals surface area contributed by atoms with Gasteiger partial charge in [0.05, 0.1) is 22.2 Å². The van der Waals surface area contributed by atoms with E-state index >= 15 is 0 Å². The van der Waals surface area contributed by atoms with Crippen molar-refractivity contribution < 1.29 is 57.9 Å². The van der Waals surface area contributed by atoms with Crippen LogP contribution in [0, 0.1) is 0 Å². The molecule has 10 rings (SSSR count). The van der Waals surface area contributed by atoms with Crippen molar-refractivity contribution in [3.8, 4) is 67.7 Å². The molecule has 0 spiro atoms. The van der Waals surface area contributed by atoms with Crippen LogP contribution in [0.4, 0.5) is 0 Å². The SMILES string of the molecule is [Li+].[Li+].[O-]c1ccc(-c2c3ccccc3c(-c3ccc([O-])c4[nH+]cccc34)c3cc(-c4cc(-c5ccccc5)nc(-c5ccccc5)n4)ccc23)c2ccc[nH+]c12. The molecule has 0 fully saturated rings. The third-order valence-electron chi connectivity index (χ3n) is 10.3. The predicted molar refractivity (Wildman–Crippen MR) is 211 cm³/mol. The second-order valence-electron chi connectivity index (χ2n) is 13.4. The zero-order chi connectivity index (χ0) is 36.2. The molecule has 0 saturated heterocycles. The number of nitrogens with zero attached hydrogens (tertiary/aromatic N) is 2. The van der Waals surface area contributed by atoms with Gasteiger partial charge in [0.1, 0.15) is 0 Å². The number of aromatic nitrogens is 4. The monoisotopic (exact) mass is 708 g/mol. The second kappa shape index (κ2) is 15.1. The number of hydrogen-bond donors (Lipinski definition) is 0. The van der Waals surface area contributed by atoms with Crippen molar-refractivity contribution in [2.75, 3.05) is 0 Å². The molecule has 7 aromatic carbocycles. The van der Waals surface area contributed by atoms with E-state index in [2.05, 4.69) is 70.6 Å². The summed E-state index contributed by atoms with van der Waals surface area (Å²) in [5.41, 5.74) is 9.50. The van der Waals surface area contributed by atoms with E-state index in [0.717, 1.165) is 82.6 Å². The molecule has 3 heterocycles. The maximum absolute atomic E-state index is 13.1. The Labute approximate surface area is 347 Å². The molecule has 0 aliphatic heterocycles. The molecule has 0 radical (unpaired) electrons. The topological polar surface area (TPSA) is 100 Å². The Bertz CT molecular complexity index is 3030. The summed E-state index contributed by atoms with van der Waals surface area (Å²) in [6, 6.07) is 52.2. The number of benzene rings is 7. The minimum atomic E-state index is -0.0661. The van der Waals surface area contributed by atoms with Gasteiger partial charge in [0.15, 0.2) is 18.2 Å². The molecular weight excluding hydrogens is 678 g/mol. The minimum Gasteiger partial charge on any atom is -0.868 e. The summed E-state index contributed by atoms with van der Waals surface area (Å²) in [6.07, 6.45) is 3.58. The summed E-state index contributed by atoms with van der Waals surface area (Å²) in [6.45, 7) is 0. The van der Waals surface area contributed by atoms with Crippen LogP contribution in [0.3, 0.4) is 0 Å². The standard InChI is InChI=1S/C48H30N4O2.2Li/c53-42-23-21-34(37-17-9-25-49-46(37)42)44-32-15-7-8-16-33(32)45(35-22-24-43(54)47-38(35)18-10-26-50-47)39-27-31(19-20-36(39)44)41-28-40(29-11-3-1-4-12-29)51-48(52-41)30-13-5-2-6-14-30;;/h1-28,53-54H;;/q;2*+1. The molecule has 6 nitrogen and oxygen atoms in total. The Hall–Kier alpha value is -6.25. The molecule has 8 heteroatoms. The van der Waals surface area contributed by atoms with Crippen LogP contribution >= 0.6 is 0 Å². The van der Waals surface area contributed by atoms with Gasteiger partial charge in [0.2, 0.25) is 11.0 Å². The summed E-state index contributed by atoms with van der Waals surface area (Å²) < 4.78 is 0. The Morgan fingerprint density at radius 1 is 0.375 bits per heavy atom. The van der Waals surface area contributed by atoms with Crippen molar-refractivity contribution in [1.82, 2.24) is 9.97 Å². The largest absolute Gasteiger partial charge is 1.00 e. The van der Waals surface area contributed by atoms with Gasteiger partial charge in [0, 0.05) is 28.8 Å². The van der Waals surface area contributed by atoms with Crippen LogP contribution in [-0.2, 0) is 0 Å². The Balaban J connectivity index is 0.00000220. The van der Waals surface area contributed by atoms with E-state index in [1.807, 2.05) is 84.9 Å². The van der Waals surface area contributed by atoms with E-state index in [0.29, 0.717) is 16.9 Å². The van der Waals surface area contributed by atoms with Gasteiger partial charge in [-0.05, 0) is 79.6 Å². The summed E-state index contributed by atoms with van der Waals surface area (Å²) in [4.78, 5) is 16.6. The molecule has 0 unspecified atom stereocenters. The van der Waals surface area contributed by atoms with Gasteiger partial charge in [-0.2, -0.15) is 0 Å². The number of hydrogen-bond acceptors (Lipinski definition) is 4. The number of nitrogens with one attached hydrogen (secondary N) is 2. The van der Waals surface area contributed by atoms with Gasteiger partial charge in [-0.3, -0.25) is 0 Å². The Kier molecular flexibility index (Phi) is 9.91. The van der Waals surface area contributed by atoms with Gasteiger partial charge in [-0.25, -0.2) is 19.9 Å². The minimum absolute atomic E-state index is 0. The third-order valence-corrected chi connectivity index (χ3v) is 10.3. The van der Waals surface area contributed by atoms with E-state index in [4.69, 9.17) is 9.97 Å². The number of pyridine rings is 2. The fourth-order valence-corrected chi connectivity index (χ4v) is 7.82. The van der Waals surface area contributed by atoms with Gasteiger partial charge in [-0.15, -0.1) is 0 Å². The first kappa shape index (κ1) is 36.7. The molecule has 0 aliphatic rings. The smallest absolute Gasteiger partial charge is 0.868 e. The maximum Gasteiger partial charge on any atom is 1.00 e. The van der Waals surface area contributed by atoms with Crippen LogP contribution in [-0.4, -0.2) is 9.97 Å². The number of aromatic amines is 2. The van der Waals surface area contributed by atoms with E-state index in [-0.39, 0.29) is 49.2 Å². The molecule has 0 atom stereocenters. The van der Waals surface area contributed by atoms with E-state index < -0.39 is 0 Å². The van der Waals surface area contributed by atoms with Crippen molar-refractivity contribution in [1.29, 1.82) is 0 Å². The molecule has 3 aromatic heterocycles. The summed E-state index contributed by atoms with van der Waals surface area (Å²) in [5.74, 6) is 0.512. The first-order valence-corrected chi connectivity index (χ1v) is 17.8. The van der Waals surface area contributed by atoms with Crippen molar-refractivity contribution in [2.24, 2.45) is 0 Å². The molecule has 10 aromatic rings. The van der Waals surface area contributed by atoms with Crippen LogP contribution in [0.15, 0.2) is 170 Å². The predicted octanol–water partition coefficient (Wildman–Crippen LogP) is 3.21. The van der Waals surface area contributed by atoms with Crippen LogP contribution in [0.25, 0.3) is 99.5 Å². The Morgan fingerprint density at radius 3 is 1.41 bits per heavy atom. The number of H-pyrrole nitrogens is 2. The van der Waals surface area contributed by atoms with Gasteiger partial charge >= 0.3 is 37.7 Å². The van der Waals surface area contributed by atoms with Crippen molar-refractivity contribution >= 4 is 43.4 Å². The summed E-state index contributed by atoms with van der Waals surface area (Å²) in [7, 11) is 0. The molecule has 56 heavy (non-hydrogen) atoms.